The van der Waals surface area contributed by atoms with Gasteiger partial charge in [0.25, 0.3) is 0 Å². The Morgan fingerprint density at radius 2 is 1.86 bits per heavy atom. The van der Waals surface area contributed by atoms with Crippen molar-refractivity contribution in [1.29, 1.82) is 0 Å². The largest absolute Gasteiger partial charge is 0.476 e. The van der Waals surface area contributed by atoms with E-state index in [0.717, 1.165) is 16.9 Å². The van der Waals surface area contributed by atoms with Crippen LogP contribution in [0.25, 0.3) is 10.4 Å². The maximum absolute atomic E-state index is 11.7. The predicted molar refractivity (Wildman–Crippen MR) is 84.4 cm³/mol. The van der Waals surface area contributed by atoms with Crippen molar-refractivity contribution in [2.75, 3.05) is 5.32 Å². The minimum Gasteiger partial charge on any atom is -0.476 e. The number of nitrogens with one attached hydrogen (secondary N) is 1. The number of anilines is 1. The lowest BCUT2D eigenvalue weighted by molar-refractivity contribution is 0.0632. The average Bonchev–Trinajstić information content (AvgIpc) is 2.81. The standard InChI is InChI=1S/C15H16N2O4S/c1-15(2,3)21-14(20)17-13-16-10(12(18)19)11(22-13)9-7-5-4-6-8-9/h4-8H,1-3H3,(H,18,19)(H,16,17,20). The van der Waals surface area contributed by atoms with Crippen LogP contribution in [0.1, 0.15) is 31.3 Å². The van der Waals surface area contributed by atoms with Crippen molar-refractivity contribution in [3.63, 3.8) is 0 Å². The van der Waals surface area contributed by atoms with Gasteiger partial charge in [0.05, 0.1) is 4.88 Å². The second-order valence-electron chi connectivity index (χ2n) is 5.49. The fraction of sp³-hybridized carbons (Fsp3) is 0.267. The number of nitrogens with zero attached hydrogens (tertiary/aromatic N) is 1. The first-order chi connectivity index (χ1) is 10.3. The van der Waals surface area contributed by atoms with Gasteiger partial charge >= 0.3 is 12.1 Å². The lowest BCUT2D eigenvalue weighted by Gasteiger charge is -2.18. The number of rotatable bonds is 3. The minimum atomic E-state index is -1.15. The number of amides is 1. The zero-order valence-corrected chi connectivity index (χ0v) is 13.2. The molecule has 1 heterocycles. The number of hydrogen-bond donors (Lipinski definition) is 2. The molecule has 7 heteroatoms. The average molecular weight is 320 g/mol. The van der Waals surface area contributed by atoms with Gasteiger partial charge in [-0.05, 0) is 26.3 Å². The van der Waals surface area contributed by atoms with Crippen LogP contribution in [0.15, 0.2) is 30.3 Å². The zero-order chi connectivity index (χ0) is 16.3. The number of aromatic nitrogens is 1. The summed E-state index contributed by atoms with van der Waals surface area (Å²) in [6.07, 6.45) is -0.669. The van der Waals surface area contributed by atoms with Crippen molar-refractivity contribution in [1.82, 2.24) is 4.98 Å². The number of carboxylic acid groups (broad SMARTS) is 1. The predicted octanol–water partition coefficient (Wildman–Crippen LogP) is 3.86. The van der Waals surface area contributed by atoms with E-state index in [1.807, 2.05) is 18.2 Å². The Hall–Kier alpha value is -2.41. The third-order valence-electron chi connectivity index (χ3n) is 2.47. The van der Waals surface area contributed by atoms with E-state index in [2.05, 4.69) is 10.3 Å². The molecular weight excluding hydrogens is 304 g/mol. The van der Waals surface area contributed by atoms with Gasteiger partial charge in [0.15, 0.2) is 10.8 Å². The number of hydrogen-bond acceptors (Lipinski definition) is 5. The third kappa shape index (κ3) is 4.05. The molecule has 1 aromatic carbocycles. The number of carboxylic acids is 1. The highest BCUT2D eigenvalue weighted by molar-refractivity contribution is 7.19. The molecule has 0 saturated heterocycles. The summed E-state index contributed by atoms with van der Waals surface area (Å²) in [6.45, 7) is 5.23. The van der Waals surface area contributed by atoms with Crippen molar-refractivity contribution in [3.8, 4) is 10.4 Å². The van der Waals surface area contributed by atoms with Crippen LogP contribution in [0, 0.1) is 0 Å². The molecule has 0 saturated carbocycles. The van der Waals surface area contributed by atoms with Gasteiger partial charge in [-0.2, -0.15) is 0 Å². The highest BCUT2D eigenvalue weighted by Gasteiger charge is 2.22. The highest BCUT2D eigenvalue weighted by Crippen LogP contribution is 2.33. The maximum Gasteiger partial charge on any atom is 0.413 e. The van der Waals surface area contributed by atoms with Gasteiger partial charge in [0.1, 0.15) is 5.60 Å². The molecule has 6 nitrogen and oxygen atoms in total. The first kappa shape index (κ1) is 16.0. The van der Waals surface area contributed by atoms with E-state index in [0.29, 0.717) is 4.88 Å². The van der Waals surface area contributed by atoms with E-state index in [9.17, 15) is 14.7 Å². The van der Waals surface area contributed by atoms with E-state index in [1.54, 1.807) is 32.9 Å². The quantitative estimate of drug-likeness (QED) is 0.896. The molecule has 1 amide bonds. The fourth-order valence-corrected chi connectivity index (χ4v) is 2.64. The van der Waals surface area contributed by atoms with Gasteiger partial charge in [0.2, 0.25) is 0 Å². The smallest absolute Gasteiger partial charge is 0.413 e. The van der Waals surface area contributed by atoms with Crippen LogP contribution in [0.5, 0.6) is 0 Å². The molecule has 0 aliphatic carbocycles. The second kappa shape index (κ2) is 6.15. The van der Waals surface area contributed by atoms with Gasteiger partial charge in [-0.1, -0.05) is 41.7 Å². The van der Waals surface area contributed by atoms with E-state index in [1.165, 1.54) is 0 Å². The van der Waals surface area contributed by atoms with Crippen LogP contribution in [-0.4, -0.2) is 27.8 Å². The molecule has 0 aliphatic heterocycles. The second-order valence-corrected chi connectivity index (χ2v) is 6.49. The summed E-state index contributed by atoms with van der Waals surface area (Å²) in [5, 5.41) is 11.9. The Bertz CT molecular complexity index is 689. The maximum atomic E-state index is 11.7. The van der Waals surface area contributed by atoms with E-state index < -0.39 is 17.7 Å². The molecule has 0 aliphatic rings. The molecule has 0 spiro atoms. The number of carbonyl (C=O) groups is 2. The summed E-state index contributed by atoms with van der Waals surface area (Å²) < 4.78 is 5.13. The Morgan fingerprint density at radius 1 is 1.23 bits per heavy atom. The SMILES string of the molecule is CC(C)(C)OC(=O)Nc1nc(C(=O)O)c(-c2ccccc2)s1. The van der Waals surface area contributed by atoms with E-state index >= 15 is 0 Å². The molecule has 0 atom stereocenters. The van der Waals surface area contributed by atoms with E-state index in [4.69, 9.17) is 4.74 Å². The molecule has 0 unspecified atom stereocenters. The first-order valence-electron chi connectivity index (χ1n) is 6.56. The van der Waals surface area contributed by atoms with Crippen LogP contribution in [0.4, 0.5) is 9.93 Å². The number of aromatic carboxylic acids is 1. The zero-order valence-electron chi connectivity index (χ0n) is 12.4. The van der Waals surface area contributed by atoms with Crippen LogP contribution < -0.4 is 5.32 Å². The summed E-state index contributed by atoms with van der Waals surface area (Å²) in [5.41, 5.74) is -0.00364. The normalized spacial score (nSPS) is 11.0. The molecule has 1 aromatic heterocycles. The monoisotopic (exact) mass is 320 g/mol. The molecule has 2 rings (SSSR count). The number of thiazole rings is 1. The van der Waals surface area contributed by atoms with Crippen LogP contribution >= 0.6 is 11.3 Å². The molecule has 2 aromatic rings. The highest BCUT2D eigenvalue weighted by atomic mass is 32.1. The molecule has 0 fully saturated rings. The lowest BCUT2D eigenvalue weighted by Crippen LogP contribution is -2.27. The Kier molecular flexibility index (Phi) is 4.46. The van der Waals surface area contributed by atoms with Crippen LogP contribution in [0.3, 0.4) is 0 Å². The fourth-order valence-electron chi connectivity index (χ4n) is 1.69. The van der Waals surface area contributed by atoms with Crippen molar-refractivity contribution in [2.24, 2.45) is 0 Å². The molecule has 22 heavy (non-hydrogen) atoms. The van der Waals surface area contributed by atoms with Gasteiger partial charge in [0, 0.05) is 0 Å². The van der Waals surface area contributed by atoms with Crippen molar-refractivity contribution in [2.45, 2.75) is 26.4 Å². The van der Waals surface area contributed by atoms with Crippen LogP contribution in [-0.2, 0) is 4.74 Å². The molecular formula is C15H16N2O4S. The minimum absolute atomic E-state index is 0.0951. The van der Waals surface area contributed by atoms with Crippen LogP contribution in [0.2, 0.25) is 0 Å². The molecule has 116 valence electrons. The van der Waals surface area contributed by atoms with Gasteiger partial charge in [-0.15, -0.1) is 0 Å². The molecule has 0 radical (unpaired) electrons. The summed E-state index contributed by atoms with van der Waals surface area (Å²) in [5.74, 6) is -1.15. The third-order valence-corrected chi connectivity index (χ3v) is 3.49. The lowest BCUT2D eigenvalue weighted by atomic mass is 10.1. The Balaban J connectivity index is 2.28. The number of ether oxygens (including phenoxy) is 1. The summed E-state index contributed by atoms with van der Waals surface area (Å²) in [7, 11) is 0. The summed E-state index contributed by atoms with van der Waals surface area (Å²) in [4.78, 5) is 27.5. The Morgan fingerprint density at radius 3 is 2.41 bits per heavy atom. The van der Waals surface area contributed by atoms with E-state index in [-0.39, 0.29) is 10.8 Å². The van der Waals surface area contributed by atoms with Crippen molar-refractivity contribution >= 4 is 28.5 Å². The van der Waals surface area contributed by atoms with Crippen molar-refractivity contribution in [3.05, 3.63) is 36.0 Å². The van der Waals surface area contributed by atoms with Gasteiger partial charge < -0.3 is 9.84 Å². The molecule has 2 N–H and O–H groups in total. The Labute approximate surface area is 131 Å². The topological polar surface area (TPSA) is 88.5 Å². The summed E-state index contributed by atoms with van der Waals surface area (Å²) in [6, 6.07) is 9.03. The number of carbonyl (C=O) groups excluding carboxylic acids is 1. The summed E-state index contributed by atoms with van der Waals surface area (Å²) >= 11 is 1.09. The first-order valence-corrected chi connectivity index (χ1v) is 7.37. The van der Waals surface area contributed by atoms with Crippen molar-refractivity contribution < 1.29 is 19.4 Å². The van der Waals surface area contributed by atoms with Gasteiger partial charge in [-0.3, -0.25) is 5.32 Å². The number of benzene rings is 1. The molecule has 0 bridgehead atoms. The van der Waals surface area contributed by atoms with Gasteiger partial charge in [-0.25, -0.2) is 14.6 Å².